The summed E-state index contributed by atoms with van der Waals surface area (Å²) in [4.78, 5) is 16.6. The van der Waals surface area contributed by atoms with Crippen molar-refractivity contribution in [1.82, 2.24) is 20.8 Å². The first-order valence-corrected chi connectivity index (χ1v) is 7.64. The minimum Gasteiger partial charge on any atom is -0.346 e. The molecule has 2 aromatic rings. The van der Waals surface area contributed by atoms with Gasteiger partial charge in [-0.2, -0.15) is 4.98 Å². The van der Waals surface area contributed by atoms with Gasteiger partial charge in [-0.3, -0.25) is 4.79 Å². The normalized spacial score (nSPS) is 19.6. The van der Waals surface area contributed by atoms with Crippen LogP contribution in [0.25, 0.3) is 11.5 Å². The van der Waals surface area contributed by atoms with Crippen molar-refractivity contribution in [2.45, 2.75) is 25.8 Å². The Morgan fingerprint density at radius 3 is 2.95 bits per heavy atom. The molecule has 2 N–H and O–H groups in total. The van der Waals surface area contributed by atoms with E-state index in [4.69, 9.17) is 4.52 Å². The highest BCUT2D eigenvalue weighted by Gasteiger charge is 2.24. The zero-order valence-corrected chi connectivity index (χ0v) is 12.6. The lowest BCUT2D eigenvalue weighted by Crippen LogP contribution is -2.41. The first-order chi connectivity index (χ1) is 10.7. The summed E-state index contributed by atoms with van der Waals surface area (Å²) < 4.78 is 5.27. The average molecular weight is 300 g/mol. The Balaban J connectivity index is 1.64. The van der Waals surface area contributed by atoms with Crippen LogP contribution in [0.15, 0.2) is 34.9 Å². The van der Waals surface area contributed by atoms with Crippen molar-refractivity contribution in [3.63, 3.8) is 0 Å². The van der Waals surface area contributed by atoms with Crippen LogP contribution in [0.3, 0.4) is 0 Å². The van der Waals surface area contributed by atoms with E-state index in [1.54, 1.807) is 0 Å². The third-order valence-electron chi connectivity index (χ3n) is 3.88. The summed E-state index contributed by atoms with van der Waals surface area (Å²) >= 11 is 0. The van der Waals surface area contributed by atoms with E-state index in [0.717, 1.165) is 31.5 Å². The van der Waals surface area contributed by atoms with Gasteiger partial charge in [0, 0.05) is 12.1 Å². The standard InChI is InChI=1S/C16H20N4O2/c1-11(18-15(21)13-8-5-9-17-10-13)14-19-16(22-20-14)12-6-3-2-4-7-12/h2-4,6-7,11,13,17H,5,8-10H2,1H3,(H,18,21). The van der Waals surface area contributed by atoms with Crippen molar-refractivity contribution in [3.05, 3.63) is 36.2 Å². The third kappa shape index (κ3) is 3.33. The number of aromatic nitrogens is 2. The zero-order chi connectivity index (χ0) is 15.4. The number of benzene rings is 1. The summed E-state index contributed by atoms with van der Waals surface area (Å²) in [7, 11) is 0. The van der Waals surface area contributed by atoms with Crippen LogP contribution in [0, 0.1) is 5.92 Å². The maximum absolute atomic E-state index is 12.2. The van der Waals surface area contributed by atoms with Gasteiger partial charge in [-0.05, 0) is 38.4 Å². The van der Waals surface area contributed by atoms with E-state index in [0.29, 0.717) is 11.7 Å². The predicted molar refractivity (Wildman–Crippen MR) is 81.9 cm³/mol. The molecule has 1 aromatic heterocycles. The molecule has 0 aliphatic carbocycles. The van der Waals surface area contributed by atoms with Crippen molar-refractivity contribution in [2.75, 3.05) is 13.1 Å². The van der Waals surface area contributed by atoms with Crippen molar-refractivity contribution in [1.29, 1.82) is 0 Å². The fourth-order valence-electron chi connectivity index (χ4n) is 2.58. The number of rotatable bonds is 4. The van der Waals surface area contributed by atoms with E-state index in [-0.39, 0.29) is 17.9 Å². The second-order valence-corrected chi connectivity index (χ2v) is 5.60. The lowest BCUT2D eigenvalue weighted by Gasteiger charge is -2.23. The number of carbonyl (C=O) groups is 1. The number of carbonyl (C=O) groups excluding carboxylic acids is 1. The Morgan fingerprint density at radius 1 is 1.41 bits per heavy atom. The van der Waals surface area contributed by atoms with E-state index < -0.39 is 0 Å². The molecule has 1 aliphatic heterocycles. The molecule has 1 aromatic carbocycles. The maximum Gasteiger partial charge on any atom is 0.257 e. The van der Waals surface area contributed by atoms with E-state index in [1.807, 2.05) is 37.3 Å². The molecule has 2 heterocycles. The minimum atomic E-state index is -0.268. The average Bonchev–Trinajstić information content (AvgIpc) is 3.06. The molecule has 116 valence electrons. The van der Waals surface area contributed by atoms with E-state index in [9.17, 15) is 4.79 Å². The van der Waals surface area contributed by atoms with Crippen molar-refractivity contribution >= 4 is 5.91 Å². The maximum atomic E-state index is 12.2. The molecular formula is C16H20N4O2. The first kappa shape index (κ1) is 14.7. The number of nitrogens with zero attached hydrogens (tertiary/aromatic N) is 2. The van der Waals surface area contributed by atoms with Gasteiger partial charge < -0.3 is 15.2 Å². The van der Waals surface area contributed by atoms with Crippen LogP contribution in [0.2, 0.25) is 0 Å². The molecule has 1 amide bonds. The number of hydrogen-bond acceptors (Lipinski definition) is 5. The number of amides is 1. The quantitative estimate of drug-likeness (QED) is 0.901. The van der Waals surface area contributed by atoms with Crippen LogP contribution in [0.5, 0.6) is 0 Å². The fourth-order valence-corrected chi connectivity index (χ4v) is 2.58. The van der Waals surface area contributed by atoms with Crippen LogP contribution in [0.1, 0.15) is 31.6 Å². The second kappa shape index (κ2) is 6.70. The molecule has 1 aliphatic rings. The van der Waals surface area contributed by atoms with Gasteiger partial charge in [0.1, 0.15) is 0 Å². The van der Waals surface area contributed by atoms with Crippen LogP contribution < -0.4 is 10.6 Å². The molecule has 0 spiro atoms. The monoisotopic (exact) mass is 300 g/mol. The molecule has 6 nitrogen and oxygen atoms in total. The smallest absolute Gasteiger partial charge is 0.257 e. The molecule has 6 heteroatoms. The molecule has 0 bridgehead atoms. The van der Waals surface area contributed by atoms with Crippen LogP contribution >= 0.6 is 0 Å². The Labute approximate surface area is 129 Å². The van der Waals surface area contributed by atoms with Gasteiger partial charge in [0.15, 0.2) is 5.82 Å². The molecular weight excluding hydrogens is 280 g/mol. The van der Waals surface area contributed by atoms with E-state index in [1.165, 1.54) is 0 Å². The summed E-state index contributed by atoms with van der Waals surface area (Å²) in [6.07, 6.45) is 1.96. The Hall–Kier alpha value is -2.21. The molecule has 3 rings (SSSR count). The van der Waals surface area contributed by atoms with Crippen LogP contribution in [-0.4, -0.2) is 29.1 Å². The van der Waals surface area contributed by atoms with Gasteiger partial charge in [-0.1, -0.05) is 23.4 Å². The topological polar surface area (TPSA) is 80.0 Å². The largest absolute Gasteiger partial charge is 0.346 e. The number of piperidine rings is 1. The van der Waals surface area contributed by atoms with Crippen LogP contribution in [-0.2, 0) is 4.79 Å². The summed E-state index contributed by atoms with van der Waals surface area (Å²) in [5, 5.41) is 10.2. The summed E-state index contributed by atoms with van der Waals surface area (Å²) in [5.74, 6) is 1.04. The lowest BCUT2D eigenvalue weighted by atomic mass is 9.98. The fraction of sp³-hybridized carbons (Fsp3) is 0.438. The van der Waals surface area contributed by atoms with Crippen LogP contribution in [0.4, 0.5) is 0 Å². The molecule has 0 radical (unpaired) electrons. The SMILES string of the molecule is CC(NC(=O)C1CCCNC1)c1noc(-c2ccccc2)n1. The van der Waals surface area contributed by atoms with E-state index >= 15 is 0 Å². The summed E-state index contributed by atoms with van der Waals surface area (Å²) in [6.45, 7) is 3.60. The van der Waals surface area contributed by atoms with Gasteiger partial charge in [-0.25, -0.2) is 0 Å². The molecule has 1 fully saturated rings. The van der Waals surface area contributed by atoms with Crippen molar-refractivity contribution in [2.24, 2.45) is 5.92 Å². The third-order valence-corrected chi connectivity index (χ3v) is 3.88. The molecule has 2 unspecified atom stereocenters. The highest BCUT2D eigenvalue weighted by atomic mass is 16.5. The Morgan fingerprint density at radius 2 is 2.23 bits per heavy atom. The highest BCUT2D eigenvalue weighted by molar-refractivity contribution is 5.79. The first-order valence-electron chi connectivity index (χ1n) is 7.64. The Kier molecular flexibility index (Phi) is 4.48. The molecule has 0 saturated carbocycles. The minimum absolute atomic E-state index is 0.0247. The molecule has 22 heavy (non-hydrogen) atoms. The second-order valence-electron chi connectivity index (χ2n) is 5.60. The van der Waals surface area contributed by atoms with Gasteiger partial charge in [0.05, 0.1) is 12.0 Å². The van der Waals surface area contributed by atoms with Gasteiger partial charge in [0.2, 0.25) is 5.91 Å². The number of hydrogen-bond donors (Lipinski definition) is 2. The lowest BCUT2D eigenvalue weighted by molar-refractivity contribution is -0.126. The zero-order valence-electron chi connectivity index (χ0n) is 12.6. The summed E-state index contributed by atoms with van der Waals surface area (Å²) in [5.41, 5.74) is 0.872. The molecule has 1 saturated heterocycles. The number of nitrogens with one attached hydrogen (secondary N) is 2. The van der Waals surface area contributed by atoms with E-state index in [2.05, 4.69) is 20.8 Å². The van der Waals surface area contributed by atoms with Gasteiger partial charge in [-0.15, -0.1) is 0 Å². The summed E-state index contributed by atoms with van der Waals surface area (Å²) in [6, 6.07) is 9.32. The van der Waals surface area contributed by atoms with Gasteiger partial charge in [0.25, 0.3) is 5.89 Å². The predicted octanol–water partition coefficient (Wildman–Crippen LogP) is 1.91. The Bertz CT molecular complexity index is 620. The highest BCUT2D eigenvalue weighted by Crippen LogP contribution is 2.19. The molecule has 2 atom stereocenters. The van der Waals surface area contributed by atoms with Gasteiger partial charge >= 0.3 is 0 Å². The van der Waals surface area contributed by atoms with Crippen molar-refractivity contribution < 1.29 is 9.32 Å². The van der Waals surface area contributed by atoms with Crippen molar-refractivity contribution in [3.8, 4) is 11.5 Å².